The molecule has 0 unspecified atom stereocenters. The number of aliphatic carboxylic acids is 1. The van der Waals surface area contributed by atoms with Crippen LogP contribution in [-0.4, -0.2) is 35.5 Å². The molecule has 0 heterocycles. The van der Waals surface area contributed by atoms with Crippen LogP contribution in [0.2, 0.25) is 0 Å². The standard InChI is InChI=1S/C21H21F3N2O4/c1-2-5-17(20(29)30)26-18(27)12-25-19(28)16-7-4-3-6-15(16)13-8-10-14(11-9-13)21(22,23)24/h3-4,6-11,17H,2,5,12H2,1H3,(H,25,28)(H,26,27)(H,29,30)/t17-/m1/s1. The van der Waals surface area contributed by atoms with Crippen LogP contribution in [0.25, 0.3) is 11.1 Å². The van der Waals surface area contributed by atoms with Crippen molar-refractivity contribution in [2.24, 2.45) is 0 Å². The molecule has 30 heavy (non-hydrogen) atoms. The number of carboxylic acid groups (broad SMARTS) is 1. The van der Waals surface area contributed by atoms with Crippen molar-refractivity contribution < 1.29 is 32.7 Å². The van der Waals surface area contributed by atoms with Crippen LogP contribution in [-0.2, 0) is 15.8 Å². The molecule has 0 bridgehead atoms. The van der Waals surface area contributed by atoms with Crippen LogP contribution >= 0.6 is 0 Å². The van der Waals surface area contributed by atoms with E-state index >= 15 is 0 Å². The minimum absolute atomic E-state index is 0.174. The summed E-state index contributed by atoms with van der Waals surface area (Å²) in [5, 5.41) is 13.8. The van der Waals surface area contributed by atoms with Gasteiger partial charge in [-0.05, 0) is 35.7 Å². The Labute approximate surface area is 171 Å². The normalized spacial score (nSPS) is 12.1. The molecule has 2 rings (SSSR count). The number of rotatable bonds is 8. The Morgan fingerprint density at radius 2 is 1.67 bits per heavy atom. The number of hydrogen-bond donors (Lipinski definition) is 3. The molecule has 0 aromatic heterocycles. The van der Waals surface area contributed by atoms with E-state index in [1.807, 2.05) is 0 Å². The van der Waals surface area contributed by atoms with Gasteiger partial charge in [-0.15, -0.1) is 0 Å². The van der Waals surface area contributed by atoms with Crippen LogP contribution in [0.4, 0.5) is 13.2 Å². The minimum atomic E-state index is -4.46. The topological polar surface area (TPSA) is 95.5 Å². The lowest BCUT2D eigenvalue weighted by Crippen LogP contribution is -2.45. The van der Waals surface area contributed by atoms with Gasteiger partial charge in [-0.2, -0.15) is 13.2 Å². The van der Waals surface area contributed by atoms with E-state index in [9.17, 15) is 27.6 Å². The Morgan fingerprint density at radius 1 is 1.03 bits per heavy atom. The molecule has 2 aromatic carbocycles. The number of carboxylic acids is 1. The van der Waals surface area contributed by atoms with Crippen molar-refractivity contribution in [3.63, 3.8) is 0 Å². The van der Waals surface area contributed by atoms with Gasteiger partial charge in [-0.1, -0.05) is 43.7 Å². The highest BCUT2D eigenvalue weighted by atomic mass is 19.4. The fourth-order valence-corrected chi connectivity index (χ4v) is 2.82. The number of carbonyl (C=O) groups excluding carboxylic acids is 2. The van der Waals surface area contributed by atoms with E-state index in [-0.39, 0.29) is 12.0 Å². The smallest absolute Gasteiger partial charge is 0.416 e. The number of alkyl halides is 3. The molecule has 2 aromatic rings. The Balaban J connectivity index is 2.11. The van der Waals surface area contributed by atoms with Crippen molar-refractivity contribution in [2.75, 3.05) is 6.54 Å². The van der Waals surface area contributed by atoms with E-state index in [0.717, 1.165) is 12.1 Å². The first-order valence-corrected chi connectivity index (χ1v) is 9.20. The van der Waals surface area contributed by atoms with Crippen molar-refractivity contribution >= 4 is 17.8 Å². The van der Waals surface area contributed by atoms with Gasteiger partial charge in [0.2, 0.25) is 5.91 Å². The Hall–Kier alpha value is -3.36. The number of halogens is 3. The third-order valence-electron chi connectivity index (χ3n) is 4.32. The molecular formula is C21H21F3N2O4. The van der Waals surface area contributed by atoms with Gasteiger partial charge < -0.3 is 15.7 Å². The van der Waals surface area contributed by atoms with Gasteiger partial charge in [-0.3, -0.25) is 9.59 Å². The first-order valence-electron chi connectivity index (χ1n) is 9.20. The van der Waals surface area contributed by atoms with E-state index < -0.39 is 42.1 Å². The average molecular weight is 422 g/mol. The zero-order chi connectivity index (χ0) is 22.3. The maximum atomic E-state index is 12.8. The molecule has 9 heteroatoms. The molecule has 3 N–H and O–H groups in total. The van der Waals surface area contributed by atoms with Gasteiger partial charge in [-0.25, -0.2) is 4.79 Å². The van der Waals surface area contributed by atoms with Crippen molar-refractivity contribution in [3.8, 4) is 11.1 Å². The second-order valence-corrected chi connectivity index (χ2v) is 6.55. The summed E-state index contributed by atoms with van der Waals surface area (Å²) < 4.78 is 38.3. The Kier molecular flexibility index (Phi) is 7.57. The predicted octanol–water partition coefficient (Wildman–Crippen LogP) is 3.47. The highest BCUT2D eigenvalue weighted by molar-refractivity contribution is 6.02. The minimum Gasteiger partial charge on any atom is -0.480 e. The first-order chi connectivity index (χ1) is 14.1. The van der Waals surface area contributed by atoms with E-state index in [1.54, 1.807) is 25.1 Å². The maximum absolute atomic E-state index is 12.8. The monoisotopic (exact) mass is 422 g/mol. The molecule has 0 spiro atoms. The molecular weight excluding hydrogens is 401 g/mol. The second-order valence-electron chi connectivity index (χ2n) is 6.55. The average Bonchev–Trinajstić information content (AvgIpc) is 2.71. The van der Waals surface area contributed by atoms with Gasteiger partial charge in [0.25, 0.3) is 5.91 Å². The maximum Gasteiger partial charge on any atom is 0.416 e. The Morgan fingerprint density at radius 3 is 2.23 bits per heavy atom. The van der Waals surface area contributed by atoms with Crippen LogP contribution in [0.15, 0.2) is 48.5 Å². The van der Waals surface area contributed by atoms with E-state index in [1.165, 1.54) is 18.2 Å². The van der Waals surface area contributed by atoms with Crippen LogP contribution in [0.1, 0.15) is 35.7 Å². The zero-order valence-corrected chi connectivity index (χ0v) is 16.1. The van der Waals surface area contributed by atoms with Gasteiger partial charge in [0.05, 0.1) is 12.1 Å². The molecule has 0 fully saturated rings. The summed E-state index contributed by atoms with van der Waals surface area (Å²) in [5.74, 6) is -2.43. The molecule has 2 amide bonds. The molecule has 0 saturated heterocycles. The zero-order valence-electron chi connectivity index (χ0n) is 16.1. The molecule has 160 valence electrons. The summed E-state index contributed by atoms with van der Waals surface area (Å²) >= 11 is 0. The van der Waals surface area contributed by atoms with E-state index in [4.69, 9.17) is 5.11 Å². The first kappa shape index (κ1) is 22.9. The lowest BCUT2D eigenvalue weighted by Gasteiger charge is -2.14. The molecule has 1 atom stereocenters. The highest BCUT2D eigenvalue weighted by Gasteiger charge is 2.30. The summed E-state index contributed by atoms with van der Waals surface area (Å²) in [6, 6.07) is 9.64. The van der Waals surface area contributed by atoms with E-state index in [0.29, 0.717) is 17.5 Å². The number of amides is 2. The Bertz CT molecular complexity index is 911. The molecule has 0 aliphatic carbocycles. The molecule has 0 aliphatic rings. The van der Waals surface area contributed by atoms with Crippen LogP contribution in [0.5, 0.6) is 0 Å². The van der Waals surface area contributed by atoms with Gasteiger partial charge >= 0.3 is 12.1 Å². The van der Waals surface area contributed by atoms with Crippen molar-refractivity contribution in [2.45, 2.75) is 32.0 Å². The summed E-state index contributed by atoms with van der Waals surface area (Å²) in [7, 11) is 0. The molecule has 0 aliphatic heterocycles. The number of carbonyl (C=O) groups is 3. The SMILES string of the molecule is CCC[C@@H](NC(=O)CNC(=O)c1ccccc1-c1ccc(C(F)(F)F)cc1)C(=O)O. The van der Waals surface area contributed by atoms with Crippen LogP contribution in [0.3, 0.4) is 0 Å². The number of benzene rings is 2. The fourth-order valence-electron chi connectivity index (χ4n) is 2.82. The quantitative estimate of drug-likeness (QED) is 0.607. The van der Waals surface area contributed by atoms with Gasteiger partial charge in [0.1, 0.15) is 6.04 Å². The number of hydrogen-bond acceptors (Lipinski definition) is 3. The summed E-state index contributed by atoms with van der Waals surface area (Å²) in [6.07, 6.45) is -3.65. The fraction of sp³-hybridized carbons (Fsp3) is 0.286. The van der Waals surface area contributed by atoms with E-state index in [2.05, 4.69) is 10.6 Å². The number of nitrogens with one attached hydrogen (secondary N) is 2. The van der Waals surface area contributed by atoms with Crippen LogP contribution in [0, 0.1) is 0 Å². The van der Waals surface area contributed by atoms with Crippen LogP contribution < -0.4 is 10.6 Å². The summed E-state index contributed by atoms with van der Waals surface area (Å²) in [6.45, 7) is 1.34. The summed E-state index contributed by atoms with van der Waals surface area (Å²) in [5.41, 5.74) is 0.184. The van der Waals surface area contributed by atoms with Gasteiger partial charge in [0, 0.05) is 5.56 Å². The van der Waals surface area contributed by atoms with Crippen molar-refractivity contribution in [1.82, 2.24) is 10.6 Å². The highest BCUT2D eigenvalue weighted by Crippen LogP contribution is 2.31. The third kappa shape index (κ3) is 6.07. The second kappa shape index (κ2) is 9.91. The lowest BCUT2D eigenvalue weighted by molar-refractivity contribution is -0.141. The van der Waals surface area contributed by atoms with Crippen molar-refractivity contribution in [3.05, 3.63) is 59.7 Å². The van der Waals surface area contributed by atoms with Crippen molar-refractivity contribution in [1.29, 1.82) is 0 Å². The molecule has 6 nitrogen and oxygen atoms in total. The lowest BCUT2D eigenvalue weighted by atomic mass is 9.98. The molecule has 0 radical (unpaired) electrons. The predicted molar refractivity (Wildman–Crippen MR) is 104 cm³/mol. The molecule has 0 saturated carbocycles. The largest absolute Gasteiger partial charge is 0.480 e. The summed E-state index contributed by atoms with van der Waals surface area (Å²) in [4.78, 5) is 35.6. The third-order valence-corrected chi connectivity index (χ3v) is 4.32. The van der Waals surface area contributed by atoms with Gasteiger partial charge in [0.15, 0.2) is 0 Å².